The minimum atomic E-state index is 0.498. The molecular weight excluding hydrogens is 238 g/mol. The van der Waals surface area contributed by atoms with Crippen molar-refractivity contribution in [2.45, 2.75) is 0 Å². The van der Waals surface area contributed by atoms with E-state index < -0.39 is 0 Å². The number of carbonyl (C=O) groups is 1. The maximum absolute atomic E-state index is 10.7. The monoisotopic (exact) mass is 249 g/mol. The summed E-state index contributed by atoms with van der Waals surface area (Å²) in [6, 6.07) is 15.5. The Hall–Kier alpha value is -2.68. The molecule has 0 radical (unpaired) electrons. The highest BCUT2D eigenvalue weighted by Gasteiger charge is 2.03. The zero-order valence-electron chi connectivity index (χ0n) is 10.1. The molecule has 3 aromatic rings. The van der Waals surface area contributed by atoms with Crippen molar-refractivity contribution in [3.63, 3.8) is 0 Å². The van der Waals surface area contributed by atoms with Gasteiger partial charge in [0.15, 0.2) is 6.29 Å². The van der Waals surface area contributed by atoms with E-state index in [2.05, 4.69) is 4.98 Å². The lowest BCUT2D eigenvalue weighted by Gasteiger charge is -2.08. The molecular formula is C16H11NO2. The Morgan fingerprint density at radius 1 is 1.00 bits per heavy atom. The van der Waals surface area contributed by atoms with E-state index in [1.165, 1.54) is 6.20 Å². The number of carbonyl (C=O) groups excluding carboxylic acids is 1. The SMILES string of the molecule is O=Cc1cncc(Oc2cccc3ccccc23)c1. The Morgan fingerprint density at radius 2 is 1.84 bits per heavy atom. The van der Waals surface area contributed by atoms with Crippen molar-refractivity contribution in [3.8, 4) is 11.5 Å². The van der Waals surface area contributed by atoms with Gasteiger partial charge in [0.2, 0.25) is 0 Å². The standard InChI is InChI=1S/C16H11NO2/c18-11-12-8-14(10-17-9-12)19-16-7-3-5-13-4-1-2-6-15(13)16/h1-11H. The van der Waals surface area contributed by atoms with E-state index in [4.69, 9.17) is 4.74 Å². The van der Waals surface area contributed by atoms with Crippen molar-refractivity contribution >= 4 is 17.1 Å². The average Bonchev–Trinajstić information content (AvgIpc) is 2.48. The number of benzene rings is 2. The van der Waals surface area contributed by atoms with Crippen LogP contribution in [0, 0.1) is 0 Å². The first kappa shape index (κ1) is 11.4. The molecule has 1 heterocycles. The van der Waals surface area contributed by atoms with E-state index in [-0.39, 0.29) is 0 Å². The number of hydrogen-bond acceptors (Lipinski definition) is 3. The Morgan fingerprint density at radius 3 is 2.74 bits per heavy atom. The van der Waals surface area contributed by atoms with Gasteiger partial charge in [-0.25, -0.2) is 0 Å². The van der Waals surface area contributed by atoms with Crippen LogP contribution in [0.25, 0.3) is 10.8 Å². The van der Waals surface area contributed by atoms with Crippen LogP contribution in [0.4, 0.5) is 0 Å². The maximum atomic E-state index is 10.7. The molecule has 0 saturated heterocycles. The topological polar surface area (TPSA) is 39.2 Å². The molecule has 0 spiro atoms. The largest absolute Gasteiger partial charge is 0.455 e. The van der Waals surface area contributed by atoms with Gasteiger partial charge in [0.1, 0.15) is 11.5 Å². The minimum Gasteiger partial charge on any atom is -0.455 e. The summed E-state index contributed by atoms with van der Waals surface area (Å²) in [5.41, 5.74) is 0.498. The first-order valence-electron chi connectivity index (χ1n) is 5.93. The van der Waals surface area contributed by atoms with Crippen LogP contribution in [0.1, 0.15) is 10.4 Å². The summed E-state index contributed by atoms with van der Waals surface area (Å²) < 4.78 is 5.81. The number of fused-ring (bicyclic) bond motifs is 1. The Kier molecular flexibility index (Phi) is 2.94. The molecule has 0 saturated carbocycles. The highest BCUT2D eigenvalue weighted by molar-refractivity contribution is 5.88. The molecule has 2 aromatic carbocycles. The summed E-state index contributed by atoms with van der Waals surface area (Å²) in [5, 5.41) is 2.14. The van der Waals surface area contributed by atoms with Gasteiger partial charge in [0.25, 0.3) is 0 Å². The van der Waals surface area contributed by atoms with Gasteiger partial charge in [-0.1, -0.05) is 36.4 Å². The second-order valence-corrected chi connectivity index (χ2v) is 4.15. The predicted molar refractivity (Wildman–Crippen MR) is 73.6 cm³/mol. The van der Waals surface area contributed by atoms with E-state index in [0.29, 0.717) is 11.3 Å². The van der Waals surface area contributed by atoms with E-state index >= 15 is 0 Å². The Labute approximate surface area is 110 Å². The molecule has 0 bridgehead atoms. The normalized spacial score (nSPS) is 10.3. The fourth-order valence-corrected chi connectivity index (χ4v) is 1.97. The maximum Gasteiger partial charge on any atom is 0.151 e. The highest BCUT2D eigenvalue weighted by atomic mass is 16.5. The quantitative estimate of drug-likeness (QED) is 0.662. The third-order valence-electron chi connectivity index (χ3n) is 2.85. The average molecular weight is 249 g/mol. The molecule has 3 nitrogen and oxygen atoms in total. The van der Waals surface area contributed by atoms with Gasteiger partial charge in [0.05, 0.1) is 6.20 Å². The third-order valence-corrected chi connectivity index (χ3v) is 2.85. The number of nitrogens with zero attached hydrogens (tertiary/aromatic N) is 1. The number of rotatable bonds is 3. The van der Waals surface area contributed by atoms with Crippen molar-refractivity contribution in [1.29, 1.82) is 0 Å². The van der Waals surface area contributed by atoms with Gasteiger partial charge in [-0.15, -0.1) is 0 Å². The van der Waals surface area contributed by atoms with Crippen LogP contribution in [-0.4, -0.2) is 11.3 Å². The van der Waals surface area contributed by atoms with Crippen LogP contribution in [0.5, 0.6) is 11.5 Å². The third kappa shape index (κ3) is 2.31. The molecule has 0 aliphatic carbocycles. The molecule has 0 aliphatic heterocycles. The molecule has 92 valence electrons. The minimum absolute atomic E-state index is 0.498. The number of aldehydes is 1. The summed E-state index contributed by atoms with van der Waals surface area (Å²) in [6.45, 7) is 0. The highest BCUT2D eigenvalue weighted by Crippen LogP contribution is 2.29. The van der Waals surface area contributed by atoms with Crippen molar-refractivity contribution in [2.75, 3.05) is 0 Å². The molecule has 0 aliphatic rings. The molecule has 0 atom stereocenters. The molecule has 0 unspecified atom stereocenters. The molecule has 0 fully saturated rings. The lowest BCUT2D eigenvalue weighted by molar-refractivity contribution is 0.112. The van der Waals surface area contributed by atoms with Crippen molar-refractivity contribution in [2.24, 2.45) is 0 Å². The van der Waals surface area contributed by atoms with Gasteiger partial charge in [0, 0.05) is 17.1 Å². The van der Waals surface area contributed by atoms with Gasteiger partial charge < -0.3 is 4.74 Å². The van der Waals surface area contributed by atoms with Crippen molar-refractivity contribution < 1.29 is 9.53 Å². The van der Waals surface area contributed by atoms with Crippen molar-refractivity contribution in [1.82, 2.24) is 4.98 Å². The summed E-state index contributed by atoms with van der Waals surface area (Å²) in [5.74, 6) is 1.31. The first-order chi connectivity index (χ1) is 9.36. The van der Waals surface area contributed by atoms with Crippen LogP contribution >= 0.6 is 0 Å². The summed E-state index contributed by atoms with van der Waals surface area (Å²) in [6.07, 6.45) is 3.85. The zero-order valence-corrected chi connectivity index (χ0v) is 10.1. The van der Waals surface area contributed by atoms with Gasteiger partial charge in [-0.3, -0.25) is 9.78 Å². The number of pyridine rings is 1. The van der Waals surface area contributed by atoms with Crippen LogP contribution in [0.2, 0.25) is 0 Å². The first-order valence-corrected chi connectivity index (χ1v) is 5.93. The van der Waals surface area contributed by atoms with E-state index in [0.717, 1.165) is 22.8 Å². The second-order valence-electron chi connectivity index (χ2n) is 4.15. The number of hydrogen-bond donors (Lipinski definition) is 0. The fourth-order valence-electron chi connectivity index (χ4n) is 1.97. The van der Waals surface area contributed by atoms with E-state index in [1.807, 2.05) is 42.5 Å². The van der Waals surface area contributed by atoms with Crippen LogP contribution in [0.3, 0.4) is 0 Å². The number of ether oxygens (including phenoxy) is 1. The molecule has 3 heteroatoms. The fraction of sp³-hybridized carbons (Fsp3) is 0. The van der Waals surface area contributed by atoms with Gasteiger partial charge >= 0.3 is 0 Å². The Bertz CT molecular complexity index is 732. The van der Waals surface area contributed by atoms with Gasteiger partial charge in [-0.2, -0.15) is 0 Å². The second kappa shape index (κ2) is 4.90. The molecule has 1 aromatic heterocycles. The van der Waals surface area contributed by atoms with Crippen LogP contribution in [-0.2, 0) is 0 Å². The van der Waals surface area contributed by atoms with Gasteiger partial charge in [-0.05, 0) is 17.5 Å². The zero-order chi connectivity index (χ0) is 13.1. The number of aromatic nitrogens is 1. The van der Waals surface area contributed by atoms with E-state index in [1.54, 1.807) is 12.3 Å². The summed E-state index contributed by atoms with van der Waals surface area (Å²) in [4.78, 5) is 14.7. The smallest absolute Gasteiger partial charge is 0.151 e. The van der Waals surface area contributed by atoms with Crippen LogP contribution < -0.4 is 4.74 Å². The molecule has 3 rings (SSSR count). The molecule has 0 N–H and O–H groups in total. The predicted octanol–water partition coefficient (Wildman–Crippen LogP) is 3.84. The molecule has 19 heavy (non-hydrogen) atoms. The van der Waals surface area contributed by atoms with E-state index in [9.17, 15) is 4.79 Å². The lowest BCUT2D eigenvalue weighted by atomic mass is 10.1. The molecule has 0 amide bonds. The summed E-state index contributed by atoms with van der Waals surface area (Å²) >= 11 is 0. The summed E-state index contributed by atoms with van der Waals surface area (Å²) in [7, 11) is 0. The Balaban J connectivity index is 2.03. The van der Waals surface area contributed by atoms with Crippen LogP contribution in [0.15, 0.2) is 60.9 Å². The van der Waals surface area contributed by atoms with Crippen molar-refractivity contribution in [3.05, 3.63) is 66.5 Å². The lowest BCUT2D eigenvalue weighted by Crippen LogP contribution is -1.89.